The average Bonchev–Trinajstić information content (AvgIpc) is 3.29. The van der Waals surface area contributed by atoms with Crippen molar-refractivity contribution in [2.75, 3.05) is 24.5 Å². The van der Waals surface area contributed by atoms with Crippen LogP contribution in [0.15, 0.2) is 48.7 Å². The lowest BCUT2D eigenvalue weighted by Gasteiger charge is -2.39. The van der Waals surface area contributed by atoms with Crippen molar-refractivity contribution in [2.24, 2.45) is 0 Å². The minimum absolute atomic E-state index is 0.0840. The first kappa shape index (κ1) is 25.8. The van der Waals surface area contributed by atoms with Gasteiger partial charge in [-0.1, -0.05) is 17.7 Å². The Hall–Kier alpha value is -3.85. The standard InChI is InChI=1S/C28H30ClN5O4/c1-17(35)33-13-11-23(25(16-33)32-28(38)19-7-10-21-22(29)15-30-24(21)14-19)31-27(37)18-5-8-20(9-6-18)34-12-3-2-4-26(34)36/h5-10,14-15,23,25,30H,2-4,11-13,16H2,1H3,(H,31,37)(H,32,38)/t23-,25+/m0/s1. The summed E-state index contributed by atoms with van der Waals surface area (Å²) in [6, 6.07) is 11.4. The highest BCUT2D eigenvalue weighted by Crippen LogP contribution is 2.24. The molecule has 198 valence electrons. The summed E-state index contributed by atoms with van der Waals surface area (Å²) < 4.78 is 0. The Morgan fingerprint density at radius 1 is 0.947 bits per heavy atom. The number of benzene rings is 2. The summed E-state index contributed by atoms with van der Waals surface area (Å²) >= 11 is 6.15. The molecule has 38 heavy (non-hydrogen) atoms. The van der Waals surface area contributed by atoms with Gasteiger partial charge in [0.05, 0.1) is 17.1 Å². The normalized spacial score (nSPS) is 19.9. The number of nitrogens with zero attached hydrogens (tertiary/aromatic N) is 2. The van der Waals surface area contributed by atoms with Crippen LogP contribution in [0.4, 0.5) is 5.69 Å². The Balaban J connectivity index is 1.29. The molecule has 0 unspecified atom stereocenters. The molecule has 2 atom stereocenters. The zero-order valence-electron chi connectivity index (χ0n) is 21.1. The van der Waals surface area contributed by atoms with Crippen LogP contribution in [0.25, 0.3) is 10.9 Å². The predicted molar refractivity (Wildman–Crippen MR) is 145 cm³/mol. The fourth-order valence-corrected chi connectivity index (χ4v) is 5.38. The van der Waals surface area contributed by atoms with E-state index < -0.39 is 6.04 Å². The molecule has 5 rings (SSSR count). The number of piperidine rings is 2. The SMILES string of the molecule is CC(=O)N1CC[C@H](NC(=O)c2ccc(N3CCCCC3=O)cc2)[C@H](NC(=O)c2ccc3c(Cl)c[nH]c3c2)C1. The lowest BCUT2D eigenvalue weighted by Crippen LogP contribution is -2.61. The number of carbonyl (C=O) groups excluding carboxylic acids is 4. The van der Waals surface area contributed by atoms with Crippen molar-refractivity contribution < 1.29 is 19.2 Å². The van der Waals surface area contributed by atoms with Gasteiger partial charge in [0.25, 0.3) is 11.8 Å². The van der Waals surface area contributed by atoms with Gasteiger partial charge in [-0.25, -0.2) is 0 Å². The third-order valence-corrected chi connectivity index (χ3v) is 7.66. The van der Waals surface area contributed by atoms with Crippen LogP contribution in [0.2, 0.25) is 5.02 Å². The van der Waals surface area contributed by atoms with Gasteiger partial charge < -0.3 is 25.4 Å². The highest BCUT2D eigenvalue weighted by molar-refractivity contribution is 6.35. The minimum atomic E-state index is -0.475. The van der Waals surface area contributed by atoms with Gasteiger partial charge in [0, 0.05) is 66.9 Å². The molecule has 10 heteroatoms. The first-order chi connectivity index (χ1) is 18.3. The third-order valence-electron chi connectivity index (χ3n) is 7.35. The molecule has 9 nitrogen and oxygen atoms in total. The lowest BCUT2D eigenvalue weighted by atomic mass is 9.97. The van der Waals surface area contributed by atoms with Crippen LogP contribution in [0, 0.1) is 0 Å². The van der Waals surface area contributed by atoms with Gasteiger partial charge in [-0.05, 0) is 55.7 Å². The van der Waals surface area contributed by atoms with Gasteiger partial charge in [-0.15, -0.1) is 0 Å². The maximum absolute atomic E-state index is 13.1. The van der Waals surface area contributed by atoms with Gasteiger partial charge >= 0.3 is 0 Å². The molecule has 3 N–H and O–H groups in total. The minimum Gasteiger partial charge on any atom is -0.360 e. The second kappa shape index (κ2) is 10.9. The number of nitrogens with one attached hydrogen (secondary N) is 3. The van der Waals surface area contributed by atoms with E-state index in [1.165, 1.54) is 6.92 Å². The Labute approximate surface area is 225 Å². The third kappa shape index (κ3) is 5.38. The Morgan fingerprint density at radius 3 is 2.39 bits per heavy atom. The van der Waals surface area contributed by atoms with E-state index in [1.54, 1.807) is 58.5 Å². The number of aromatic amines is 1. The molecule has 0 radical (unpaired) electrons. The average molecular weight is 536 g/mol. The summed E-state index contributed by atoms with van der Waals surface area (Å²) in [6.45, 7) is 2.95. The van der Waals surface area contributed by atoms with Crippen LogP contribution in [-0.4, -0.2) is 65.2 Å². The predicted octanol–water partition coefficient (Wildman–Crippen LogP) is 3.49. The molecule has 3 aromatic rings. The summed E-state index contributed by atoms with van der Waals surface area (Å²) in [5.74, 6) is -0.561. The van der Waals surface area contributed by atoms with E-state index in [4.69, 9.17) is 11.6 Å². The topological polar surface area (TPSA) is 115 Å². The summed E-state index contributed by atoms with van der Waals surface area (Å²) in [5.41, 5.74) is 2.44. The molecule has 0 aliphatic carbocycles. The number of amides is 4. The Morgan fingerprint density at radius 2 is 1.66 bits per heavy atom. The van der Waals surface area contributed by atoms with Crippen LogP contribution in [-0.2, 0) is 9.59 Å². The molecule has 2 saturated heterocycles. The molecular formula is C28H30ClN5O4. The van der Waals surface area contributed by atoms with Crippen LogP contribution >= 0.6 is 11.6 Å². The molecule has 3 heterocycles. The number of likely N-dealkylation sites (tertiary alicyclic amines) is 1. The van der Waals surface area contributed by atoms with Crippen molar-refractivity contribution in [3.05, 3.63) is 64.8 Å². The maximum Gasteiger partial charge on any atom is 0.251 e. The number of hydrogen-bond donors (Lipinski definition) is 3. The molecule has 0 spiro atoms. The summed E-state index contributed by atoms with van der Waals surface area (Å²) in [6.07, 6.45) is 4.59. The number of fused-ring (bicyclic) bond motifs is 1. The zero-order chi connectivity index (χ0) is 26.8. The van der Waals surface area contributed by atoms with Gasteiger partial charge in [0.2, 0.25) is 11.8 Å². The van der Waals surface area contributed by atoms with E-state index in [-0.39, 0.29) is 29.7 Å². The van der Waals surface area contributed by atoms with Crippen LogP contribution in [0.3, 0.4) is 0 Å². The van der Waals surface area contributed by atoms with Crippen LogP contribution in [0.5, 0.6) is 0 Å². The second-order valence-electron chi connectivity index (χ2n) is 9.86. The van der Waals surface area contributed by atoms with E-state index >= 15 is 0 Å². The Kier molecular flexibility index (Phi) is 7.37. The fraction of sp³-hybridized carbons (Fsp3) is 0.357. The molecule has 2 aliphatic rings. The van der Waals surface area contributed by atoms with Crippen LogP contribution in [0.1, 0.15) is 53.3 Å². The molecule has 2 aromatic carbocycles. The number of carbonyl (C=O) groups is 4. The highest BCUT2D eigenvalue weighted by atomic mass is 35.5. The number of rotatable bonds is 5. The number of aromatic nitrogens is 1. The van der Waals surface area contributed by atoms with Gasteiger partial charge in [-0.3, -0.25) is 19.2 Å². The number of anilines is 1. The molecule has 0 bridgehead atoms. The van der Waals surface area contributed by atoms with E-state index in [0.717, 1.165) is 29.4 Å². The van der Waals surface area contributed by atoms with E-state index in [9.17, 15) is 19.2 Å². The first-order valence-corrected chi connectivity index (χ1v) is 13.2. The summed E-state index contributed by atoms with van der Waals surface area (Å²) in [7, 11) is 0. The van der Waals surface area contributed by atoms with Crippen molar-refractivity contribution in [1.29, 1.82) is 0 Å². The van der Waals surface area contributed by atoms with Crippen molar-refractivity contribution in [2.45, 2.75) is 44.7 Å². The van der Waals surface area contributed by atoms with E-state index in [1.807, 2.05) is 0 Å². The van der Waals surface area contributed by atoms with Crippen molar-refractivity contribution >= 4 is 51.8 Å². The monoisotopic (exact) mass is 535 g/mol. The Bertz CT molecular complexity index is 1390. The van der Waals surface area contributed by atoms with Crippen molar-refractivity contribution in [3.63, 3.8) is 0 Å². The molecule has 0 saturated carbocycles. The van der Waals surface area contributed by atoms with Gasteiger partial charge in [-0.2, -0.15) is 0 Å². The van der Waals surface area contributed by atoms with Crippen LogP contribution < -0.4 is 15.5 Å². The molecule has 1 aromatic heterocycles. The van der Waals surface area contributed by atoms with Gasteiger partial charge in [0.15, 0.2) is 0 Å². The summed E-state index contributed by atoms with van der Waals surface area (Å²) in [5, 5.41) is 7.47. The highest BCUT2D eigenvalue weighted by Gasteiger charge is 2.33. The van der Waals surface area contributed by atoms with Gasteiger partial charge in [0.1, 0.15) is 0 Å². The van der Waals surface area contributed by atoms with E-state index in [0.29, 0.717) is 48.6 Å². The molecular weight excluding hydrogens is 506 g/mol. The zero-order valence-corrected chi connectivity index (χ0v) is 21.9. The molecule has 2 fully saturated rings. The van der Waals surface area contributed by atoms with Crippen molar-refractivity contribution in [1.82, 2.24) is 20.5 Å². The summed E-state index contributed by atoms with van der Waals surface area (Å²) in [4.78, 5) is 57.0. The largest absolute Gasteiger partial charge is 0.360 e. The number of halogens is 1. The smallest absolute Gasteiger partial charge is 0.251 e. The van der Waals surface area contributed by atoms with Crippen molar-refractivity contribution in [3.8, 4) is 0 Å². The fourth-order valence-electron chi connectivity index (χ4n) is 5.16. The number of hydrogen-bond acceptors (Lipinski definition) is 4. The number of H-pyrrole nitrogens is 1. The molecule has 2 aliphatic heterocycles. The second-order valence-corrected chi connectivity index (χ2v) is 10.3. The molecule has 4 amide bonds. The first-order valence-electron chi connectivity index (χ1n) is 12.8. The van der Waals surface area contributed by atoms with E-state index in [2.05, 4.69) is 15.6 Å². The maximum atomic E-state index is 13.1. The lowest BCUT2D eigenvalue weighted by molar-refractivity contribution is -0.130. The quantitative estimate of drug-likeness (QED) is 0.464.